The van der Waals surface area contributed by atoms with Gasteiger partial charge in [-0.2, -0.15) is 0 Å². The highest BCUT2D eigenvalue weighted by atomic mass is 16.2. The Kier molecular flexibility index (Phi) is 5.80. The van der Waals surface area contributed by atoms with E-state index in [9.17, 15) is 9.59 Å². The first-order valence-corrected chi connectivity index (χ1v) is 8.72. The average molecular weight is 353 g/mol. The standard InChI is InChI=1S/C19H23N5O2/c20-7-1-4-18(25)24-10-2-3-16(13-24)23-17-11-15(12-22-19(17)26)14-5-8-21-9-6-14/h1,4-6,8-9,11-12,16,23H,2-3,7,10,13,20H2,(H,22,26)/b4-1+/t16-/m1/s1. The fourth-order valence-electron chi connectivity index (χ4n) is 3.09. The van der Waals surface area contributed by atoms with Gasteiger partial charge >= 0.3 is 0 Å². The molecule has 2 aromatic rings. The summed E-state index contributed by atoms with van der Waals surface area (Å²) in [6.45, 7) is 1.63. The van der Waals surface area contributed by atoms with Crippen molar-refractivity contribution in [3.8, 4) is 11.1 Å². The Balaban J connectivity index is 1.73. The number of H-pyrrole nitrogens is 1. The Morgan fingerprint density at radius 2 is 2.19 bits per heavy atom. The molecule has 0 bridgehead atoms. The number of rotatable bonds is 5. The maximum Gasteiger partial charge on any atom is 0.271 e. The molecule has 1 atom stereocenters. The molecule has 1 aliphatic heterocycles. The summed E-state index contributed by atoms with van der Waals surface area (Å²) in [6.07, 6.45) is 10.1. The number of likely N-dealkylation sites (tertiary alicyclic amines) is 1. The number of aromatic nitrogens is 2. The lowest BCUT2D eigenvalue weighted by Gasteiger charge is -2.33. The van der Waals surface area contributed by atoms with E-state index in [-0.39, 0.29) is 17.5 Å². The van der Waals surface area contributed by atoms with Crippen molar-refractivity contribution in [2.75, 3.05) is 25.0 Å². The zero-order chi connectivity index (χ0) is 18.4. The predicted molar refractivity (Wildman–Crippen MR) is 102 cm³/mol. The highest BCUT2D eigenvalue weighted by Crippen LogP contribution is 2.20. The molecule has 0 radical (unpaired) electrons. The van der Waals surface area contributed by atoms with Gasteiger partial charge in [0.1, 0.15) is 5.69 Å². The molecule has 3 heterocycles. The van der Waals surface area contributed by atoms with Crippen LogP contribution in [-0.4, -0.2) is 46.5 Å². The van der Waals surface area contributed by atoms with Crippen LogP contribution in [0.1, 0.15) is 12.8 Å². The molecule has 1 fully saturated rings. The van der Waals surface area contributed by atoms with Gasteiger partial charge in [-0.1, -0.05) is 6.08 Å². The first kappa shape index (κ1) is 17.9. The molecule has 26 heavy (non-hydrogen) atoms. The van der Waals surface area contributed by atoms with Gasteiger partial charge < -0.3 is 20.9 Å². The quantitative estimate of drug-likeness (QED) is 0.704. The van der Waals surface area contributed by atoms with Gasteiger partial charge in [0.15, 0.2) is 0 Å². The molecule has 0 unspecified atom stereocenters. The predicted octanol–water partition coefficient (Wildman–Crippen LogP) is 1.35. The Bertz CT molecular complexity index is 831. The molecule has 7 heteroatoms. The Labute approximate surface area is 151 Å². The summed E-state index contributed by atoms with van der Waals surface area (Å²) in [7, 11) is 0. The molecule has 2 aromatic heterocycles. The minimum absolute atomic E-state index is 0.0350. The van der Waals surface area contributed by atoms with Crippen LogP contribution in [0.4, 0.5) is 5.69 Å². The number of nitrogens with zero attached hydrogens (tertiary/aromatic N) is 2. The van der Waals surface area contributed by atoms with Gasteiger partial charge in [-0.15, -0.1) is 0 Å². The van der Waals surface area contributed by atoms with Crippen molar-refractivity contribution < 1.29 is 4.79 Å². The van der Waals surface area contributed by atoms with Gasteiger partial charge in [0.05, 0.1) is 0 Å². The van der Waals surface area contributed by atoms with Crippen molar-refractivity contribution in [1.82, 2.24) is 14.9 Å². The molecule has 7 nitrogen and oxygen atoms in total. The van der Waals surface area contributed by atoms with Crippen LogP contribution >= 0.6 is 0 Å². The SMILES string of the molecule is NC/C=C/C(=O)N1CCC[C@@H](Nc2cc(-c3ccncc3)c[nH]c2=O)C1. The molecule has 0 aliphatic carbocycles. The van der Waals surface area contributed by atoms with Gasteiger partial charge in [-0.05, 0) is 36.6 Å². The number of hydrogen-bond donors (Lipinski definition) is 3. The first-order chi connectivity index (χ1) is 12.7. The molecule has 1 saturated heterocycles. The second-order valence-electron chi connectivity index (χ2n) is 6.27. The summed E-state index contributed by atoms with van der Waals surface area (Å²) in [5.74, 6) is -0.0404. The molecular formula is C19H23N5O2. The van der Waals surface area contributed by atoms with Crippen molar-refractivity contribution in [2.24, 2.45) is 5.73 Å². The number of aromatic amines is 1. The Hall–Kier alpha value is -2.93. The number of amides is 1. The van der Waals surface area contributed by atoms with E-state index in [0.29, 0.717) is 18.8 Å². The van der Waals surface area contributed by atoms with E-state index in [1.807, 2.05) is 18.2 Å². The second kappa shape index (κ2) is 8.44. The van der Waals surface area contributed by atoms with E-state index in [2.05, 4.69) is 15.3 Å². The number of nitrogens with one attached hydrogen (secondary N) is 2. The van der Waals surface area contributed by atoms with Crippen LogP contribution in [0.15, 0.2) is 53.7 Å². The van der Waals surface area contributed by atoms with Crippen LogP contribution in [0.5, 0.6) is 0 Å². The lowest BCUT2D eigenvalue weighted by atomic mass is 10.0. The summed E-state index contributed by atoms with van der Waals surface area (Å²) in [6, 6.07) is 5.65. The van der Waals surface area contributed by atoms with Crippen molar-refractivity contribution >= 4 is 11.6 Å². The Morgan fingerprint density at radius 3 is 2.96 bits per heavy atom. The van der Waals surface area contributed by atoms with Gasteiger partial charge in [-0.25, -0.2) is 0 Å². The van der Waals surface area contributed by atoms with E-state index >= 15 is 0 Å². The first-order valence-electron chi connectivity index (χ1n) is 8.72. The number of carbonyl (C=O) groups is 1. The van der Waals surface area contributed by atoms with Gasteiger partial charge in [0.2, 0.25) is 5.91 Å². The minimum Gasteiger partial charge on any atom is -0.376 e. The van der Waals surface area contributed by atoms with Crippen molar-refractivity contribution in [3.05, 3.63) is 59.3 Å². The summed E-state index contributed by atoms with van der Waals surface area (Å²) >= 11 is 0. The fourth-order valence-corrected chi connectivity index (χ4v) is 3.09. The second-order valence-corrected chi connectivity index (χ2v) is 6.27. The summed E-state index contributed by atoms with van der Waals surface area (Å²) in [5, 5.41) is 3.30. The monoisotopic (exact) mass is 353 g/mol. The number of hydrogen-bond acceptors (Lipinski definition) is 5. The van der Waals surface area contributed by atoms with E-state index < -0.39 is 0 Å². The van der Waals surface area contributed by atoms with Crippen LogP contribution in [-0.2, 0) is 4.79 Å². The number of nitrogens with two attached hydrogens (primary N) is 1. The molecule has 0 spiro atoms. The molecule has 0 saturated carbocycles. The van der Waals surface area contributed by atoms with Crippen molar-refractivity contribution in [1.29, 1.82) is 0 Å². The largest absolute Gasteiger partial charge is 0.376 e. The third-order valence-corrected chi connectivity index (χ3v) is 4.41. The fraction of sp³-hybridized carbons (Fsp3) is 0.316. The molecule has 136 valence electrons. The maximum absolute atomic E-state index is 12.2. The van der Waals surface area contributed by atoms with Crippen molar-refractivity contribution in [2.45, 2.75) is 18.9 Å². The van der Waals surface area contributed by atoms with Gasteiger partial charge in [0, 0.05) is 55.9 Å². The van der Waals surface area contributed by atoms with E-state index in [0.717, 1.165) is 30.5 Å². The van der Waals surface area contributed by atoms with Crippen molar-refractivity contribution in [3.63, 3.8) is 0 Å². The number of anilines is 1. The van der Waals surface area contributed by atoms with Crippen LogP contribution in [0, 0.1) is 0 Å². The normalized spacial score (nSPS) is 17.4. The molecule has 0 aromatic carbocycles. The molecule has 1 amide bonds. The van der Waals surface area contributed by atoms with Crippen LogP contribution < -0.4 is 16.6 Å². The highest BCUT2D eigenvalue weighted by molar-refractivity contribution is 5.87. The third-order valence-electron chi connectivity index (χ3n) is 4.41. The topological polar surface area (TPSA) is 104 Å². The van der Waals surface area contributed by atoms with E-state index in [4.69, 9.17) is 5.73 Å². The summed E-state index contributed by atoms with van der Waals surface area (Å²) < 4.78 is 0. The van der Waals surface area contributed by atoms with E-state index in [1.165, 1.54) is 6.08 Å². The molecular weight excluding hydrogens is 330 g/mol. The van der Waals surface area contributed by atoms with Gasteiger partial charge in [-0.3, -0.25) is 14.6 Å². The Morgan fingerprint density at radius 1 is 1.38 bits per heavy atom. The van der Waals surface area contributed by atoms with Crippen LogP contribution in [0.25, 0.3) is 11.1 Å². The molecule has 3 rings (SSSR count). The number of pyridine rings is 2. The highest BCUT2D eigenvalue weighted by Gasteiger charge is 2.23. The number of carbonyl (C=O) groups excluding carboxylic acids is 1. The lowest BCUT2D eigenvalue weighted by Crippen LogP contribution is -2.45. The summed E-state index contributed by atoms with van der Waals surface area (Å²) in [4.78, 5) is 32.9. The lowest BCUT2D eigenvalue weighted by molar-refractivity contribution is -0.127. The minimum atomic E-state index is -0.172. The average Bonchev–Trinajstić information content (AvgIpc) is 2.68. The number of piperidine rings is 1. The molecule has 4 N–H and O–H groups in total. The van der Waals surface area contributed by atoms with Crippen LogP contribution in [0.3, 0.4) is 0 Å². The maximum atomic E-state index is 12.2. The van der Waals surface area contributed by atoms with E-state index in [1.54, 1.807) is 29.6 Å². The third kappa shape index (κ3) is 4.37. The van der Waals surface area contributed by atoms with Crippen LogP contribution in [0.2, 0.25) is 0 Å². The van der Waals surface area contributed by atoms with Gasteiger partial charge in [0.25, 0.3) is 5.56 Å². The summed E-state index contributed by atoms with van der Waals surface area (Å²) in [5.41, 5.74) is 7.63. The zero-order valence-electron chi connectivity index (χ0n) is 14.5. The smallest absolute Gasteiger partial charge is 0.271 e. The molecule has 1 aliphatic rings. The zero-order valence-corrected chi connectivity index (χ0v) is 14.5.